The van der Waals surface area contributed by atoms with Crippen LogP contribution in [0, 0.1) is 11.3 Å². The molecule has 0 aromatic heterocycles. The summed E-state index contributed by atoms with van der Waals surface area (Å²) in [6.45, 7) is 0.158. The second-order valence-electron chi connectivity index (χ2n) is 3.35. The number of rotatable bonds is 4. The van der Waals surface area contributed by atoms with Crippen LogP contribution >= 0.6 is 0 Å². The Morgan fingerprint density at radius 1 is 1.62 bits per heavy atom. The number of amides is 2. The van der Waals surface area contributed by atoms with Crippen molar-refractivity contribution in [1.82, 2.24) is 5.01 Å². The highest BCUT2D eigenvalue weighted by atomic mass is 16.2. The number of primary amides is 1. The van der Waals surface area contributed by atoms with Crippen LogP contribution in [0.2, 0.25) is 0 Å². The van der Waals surface area contributed by atoms with Crippen molar-refractivity contribution in [3.8, 4) is 6.07 Å². The Labute approximate surface area is 91.9 Å². The maximum atomic E-state index is 11.7. The van der Waals surface area contributed by atoms with Crippen LogP contribution in [0.3, 0.4) is 0 Å². The summed E-state index contributed by atoms with van der Waals surface area (Å²) in [6.07, 6.45) is 0.160. The number of hydrogen-bond donors (Lipinski definition) is 2. The summed E-state index contributed by atoms with van der Waals surface area (Å²) >= 11 is 0. The third-order valence-electron chi connectivity index (χ3n) is 2.10. The highest BCUT2D eigenvalue weighted by Gasteiger charge is 2.31. The number of hydrogen-bond acceptors (Lipinski definition) is 6. The van der Waals surface area contributed by atoms with Gasteiger partial charge in [0.25, 0.3) is 5.91 Å². The van der Waals surface area contributed by atoms with Crippen molar-refractivity contribution in [3.05, 3.63) is 0 Å². The van der Waals surface area contributed by atoms with Gasteiger partial charge >= 0.3 is 0 Å². The number of nitrogens with two attached hydrogens (primary N) is 2. The largest absolute Gasteiger partial charge is 0.370 e. The van der Waals surface area contributed by atoms with E-state index in [0.29, 0.717) is 0 Å². The normalized spacial score (nSPS) is 20.5. The van der Waals surface area contributed by atoms with Gasteiger partial charge in [0, 0.05) is 6.42 Å². The predicted octanol–water partition coefficient (Wildman–Crippen LogP) is -1.32. The van der Waals surface area contributed by atoms with Gasteiger partial charge in [-0.2, -0.15) is 15.4 Å². The average molecular weight is 224 g/mol. The lowest BCUT2D eigenvalue weighted by molar-refractivity contribution is -0.133. The van der Waals surface area contributed by atoms with E-state index < -0.39 is 23.9 Å². The zero-order chi connectivity index (χ0) is 12.1. The lowest BCUT2D eigenvalue weighted by atomic mass is 10.1. The van der Waals surface area contributed by atoms with Crippen LogP contribution in [0.4, 0.5) is 0 Å². The maximum absolute atomic E-state index is 11.7. The monoisotopic (exact) mass is 224 g/mol. The van der Waals surface area contributed by atoms with E-state index in [9.17, 15) is 9.59 Å². The molecule has 1 aliphatic rings. The van der Waals surface area contributed by atoms with Gasteiger partial charge in [-0.25, -0.2) is 0 Å². The van der Waals surface area contributed by atoms with Crippen molar-refractivity contribution in [1.29, 1.82) is 5.26 Å². The summed E-state index contributed by atoms with van der Waals surface area (Å²) in [7, 11) is 0. The average Bonchev–Trinajstić information content (AvgIpc) is 2.72. The Kier molecular flexibility index (Phi) is 3.90. The number of carbonyl (C=O) groups is 2. The molecule has 1 aliphatic heterocycles. The fourth-order valence-corrected chi connectivity index (χ4v) is 1.21. The summed E-state index contributed by atoms with van der Waals surface area (Å²) in [5, 5.41) is 16.8. The second-order valence-corrected chi connectivity index (χ2v) is 3.35. The molecule has 8 heteroatoms. The highest BCUT2D eigenvalue weighted by Crippen LogP contribution is 2.12. The molecule has 0 bridgehead atoms. The first-order chi connectivity index (χ1) is 7.56. The van der Waals surface area contributed by atoms with Gasteiger partial charge < -0.3 is 11.5 Å². The summed E-state index contributed by atoms with van der Waals surface area (Å²) in [5.74, 6) is -1.04. The summed E-state index contributed by atoms with van der Waals surface area (Å²) < 4.78 is 0. The molecule has 86 valence electrons. The fraction of sp³-hybridized carbons (Fsp3) is 0.625. The van der Waals surface area contributed by atoms with E-state index in [0.717, 1.165) is 5.01 Å². The molecule has 0 saturated carbocycles. The van der Waals surface area contributed by atoms with Crippen molar-refractivity contribution in [2.75, 3.05) is 6.54 Å². The molecule has 2 atom stereocenters. The lowest BCUT2D eigenvalue weighted by Gasteiger charge is -2.18. The van der Waals surface area contributed by atoms with Crippen LogP contribution < -0.4 is 11.5 Å². The van der Waals surface area contributed by atoms with E-state index in [4.69, 9.17) is 16.7 Å². The molecule has 0 saturated heterocycles. The minimum Gasteiger partial charge on any atom is -0.370 e. The molecular weight excluding hydrogens is 212 g/mol. The molecule has 0 aromatic carbocycles. The van der Waals surface area contributed by atoms with E-state index in [2.05, 4.69) is 10.3 Å². The van der Waals surface area contributed by atoms with Crippen LogP contribution in [0.1, 0.15) is 12.8 Å². The van der Waals surface area contributed by atoms with Crippen molar-refractivity contribution >= 4 is 11.8 Å². The topological polar surface area (TPSA) is 138 Å². The van der Waals surface area contributed by atoms with Gasteiger partial charge in [-0.15, -0.1) is 0 Å². The molecular formula is C8H12N6O2. The van der Waals surface area contributed by atoms with E-state index in [1.807, 2.05) is 6.07 Å². The number of nitriles is 1. The van der Waals surface area contributed by atoms with Gasteiger partial charge in [0.15, 0.2) is 6.04 Å². The predicted molar refractivity (Wildman–Crippen MR) is 52.4 cm³/mol. The summed E-state index contributed by atoms with van der Waals surface area (Å²) in [6, 6.07) is 0.295. The molecule has 0 aliphatic carbocycles. The van der Waals surface area contributed by atoms with Gasteiger partial charge in [0.05, 0.1) is 18.7 Å². The van der Waals surface area contributed by atoms with Crippen LogP contribution in [-0.2, 0) is 9.59 Å². The van der Waals surface area contributed by atoms with E-state index in [1.54, 1.807) is 0 Å². The first-order valence-corrected chi connectivity index (χ1v) is 4.70. The van der Waals surface area contributed by atoms with Gasteiger partial charge in [0.2, 0.25) is 5.91 Å². The third-order valence-corrected chi connectivity index (χ3v) is 2.10. The molecule has 0 aromatic rings. The lowest BCUT2D eigenvalue weighted by Crippen LogP contribution is -2.44. The smallest absolute Gasteiger partial charge is 0.262 e. The minimum absolute atomic E-state index is 0.0229. The molecule has 16 heavy (non-hydrogen) atoms. The van der Waals surface area contributed by atoms with Gasteiger partial charge in [0.1, 0.15) is 0 Å². The van der Waals surface area contributed by atoms with E-state index >= 15 is 0 Å². The number of carbonyl (C=O) groups excluding carboxylic acids is 2. The SMILES string of the molecule is N#CC1CN=NN1C(=O)[C@@H](N)CCC(N)=O. The molecule has 4 N–H and O–H groups in total. The van der Waals surface area contributed by atoms with Gasteiger partial charge in [-0.3, -0.25) is 9.59 Å². The van der Waals surface area contributed by atoms with E-state index in [-0.39, 0.29) is 19.4 Å². The zero-order valence-electron chi connectivity index (χ0n) is 8.54. The molecule has 1 unspecified atom stereocenters. The molecule has 2 amide bonds. The molecule has 0 radical (unpaired) electrons. The van der Waals surface area contributed by atoms with Gasteiger partial charge in [-0.05, 0) is 6.42 Å². The molecule has 1 heterocycles. The molecule has 8 nitrogen and oxygen atoms in total. The Hall–Kier alpha value is -2.01. The maximum Gasteiger partial charge on any atom is 0.262 e. The van der Waals surface area contributed by atoms with Crippen molar-refractivity contribution < 1.29 is 9.59 Å². The molecule has 0 spiro atoms. The van der Waals surface area contributed by atoms with E-state index in [1.165, 1.54) is 0 Å². The quantitative estimate of drug-likeness (QED) is 0.611. The van der Waals surface area contributed by atoms with Crippen molar-refractivity contribution in [2.24, 2.45) is 21.8 Å². The van der Waals surface area contributed by atoms with Crippen molar-refractivity contribution in [2.45, 2.75) is 24.9 Å². The Balaban J connectivity index is 2.53. The highest BCUT2D eigenvalue weighted by molar-refractivity contribution is 5.83. The standard InChI is InChI=1S/C8H12N6O2/c9-3-5-4-12-13-14(5)8(16)6(10)1-2-7(11)15/h5-6H,1-2,4,10H2,(H2,11,15)/t5?,6-/m0/s1. The van der Waals surface area contributed by atoms with Crippen molar-refractivity contribution in [3.63, 3.8) is 0 Å². The minimum atomic E-state index is -0.889. The first kappa shape index (κ1) is 12.1. The van der Waals surface area contributed by atoms with Crippen LogP contribution in [0.5, 0.6) is 0 Å². The van der Waals surface area contributed by atoms with Crippen LogP contribution in [0.25, 0.3) is 0 Å². The zero-order valence-corrected chi connectivity index (χ0v) is 8.54. The Bertz CT molecular complexity index is 360. The van der Waals surface area contributed by atoms with Crippen LogP contribution in [0.15, 0.2) is 10.3 Å². The first-order valence-electron chi connectivity index (χ1n) is 4.70. The molecule has 0 fully saturated rings. The Morgan fingerprint density at radius 2 is 2.31 bits per heavy atom. The molecule has 1 rings (SSSR count). The fourth-order valence-electron chi connectivity index (χ4n) is 1.21. The summed E-state index contributed by atoms with van der Waals surface area (Å²) in [5.41, 5.74) is 10.5. The van der Waals surface area contributed by atoms with Gasteiger partial charge in [-0.1, -0.05) is 5.22 Å². The third kappa shape index (κ3) is 2.74. The second kappa shape index (κ2) is 5.18. The van der Waals surface area contributed by atoms with Crippen LogP contribution in [-0.4, -0.2) is 35.5 Å². The number of nitrogens with zero attached hydrogens (tertiary/aromatic N) is 4. The Morgan fingerprint density at radius 3 is 2.88 bits per heavy atom. The summed E-state index contributed by atoms with van der Waals surface area (Å²) in [4.78, 5) is 22.2.